The number of rotatable bonds is 1. The van der Waals surface area contributed by atoms with Gasteiger partial charge in [-0.3, -0.25) is 4.79 Å². The molecule has 1 aromatic carbocycles. The molecule has 1 N–H and O–H groups in total. The number of aryl methyl sites for hydroxylation is 1. The third-order valence-electron chi connectivity index (χ3n) is 2.52. The second-order valence-corrected chi connectivity index (χ2v) is 3.79. The molecule has 0 bridgehead atoms. The molecule has 0 fully saturated rings. The average molecular weight is 254 g/mol. The van der Waals surface area contributed by atoms with Crippen molar-refractivity contribution in [2.24, 2.45) is 0 Å². The molecule has 3 nitrogen and oxygen atoms in total. The molecule has 0 aliphatic carbocycles. The highest BCUT2D eigenvalue weighted by atomic mass is 19.4. The Hall–Kier alpha value is -2.11. The molecule has 2 rings (SSSR count). The summed E-state index contributed by atoms with van der Waals surface area (Å²) in [5.74, 6) is 0. The quantitative estimate of drug-likeness (QED) is 0.850. The second kappa shape index (κ2) is 4.29. The Kier molecular flexibility index (Phi) is 2.94. The van der Waals surface area contributed by atoms with Gasteiger partial charge in [-0.05, 0) is 24.6 Å². The summed E-state index contributed by atoms with van der Waals surface area (Å²) in [6, 6.07) is 3.20. The van der Waals surface area contributed by atoms with Crippen LogP contribution in [-0.4, -0.2) is 9.97 Å². The van der Waals surface area contributed by atoms with Gasteiger partial charge < -0.3 is 4.98 Å². The molecule has 0 aliphatic rings. The van der Waals surface area contributed by atoms with E-state index in [9.17, 15) is 18.0 Å². The Morgan fingerprint density at radius 3 is 2.56 bits per heavy atom. The molecule has 0 radical (unpaired) electrons. The largest absolute Gasteiger partial charge is 0.416 e. The van der Waals surface area contributed by atoms with Crippen LogP contribution >= 0.6 is 0 Å². The molecular formula is C12H9F3N2O. The Morgan fingerprint density at radius 1 is 1.28 bits per heavy atom. The van der Waals surface area contributed by atoms with Crippen molar-refractivity contribution in [1.29, 1.82) is 0 Å². The van der Waals surface area contributed by atoms with E-state index in [1.807, 2.05) is 0 Å². The summed E-state index contributed by atoms with van der Waals surface area (Å²) >= 11 is 0. The number of H-pyrrole nitrogens is 1. The van der Waals surface area contributed by atoms with Gasteiger partial charge in [0.15, 0.2) is 0 Å². The lowest BCUT2D eigenvalue weighted by atomic mass is 10.0. The van der Waals surface area contributed by atoms with Crippen LogP contribution in [0.4, 0.5) is 13.2 Å². The summed E-state index contributed by atoms with van der Waals surface area (Å²) in [5.41, 5.74) is -0.306. The van der Waals surface area contributed by atoms with Crippen molar-refractivity contribution >= 4 is 0 Å². The molecule has 0 saturated carbocycles. The minimum absolute atomic E-state index is 0.115. The van der Waals surface area contributed by atoms with Crippen LogP contribution < -0.4 is 5.56 Å². The fraction of sp³-hybridized carbons (Fsp3) is 0.167. The molecule has 0 atom stereocenters. The van der Waals surface area contributed by atoms with Crippen LogP contribution in [0, 0.1) is 6.92 Å². The average Bonchev–Trinajstić information content (AvgIpc) is 2.29. The molecule has 0 spiro atoms. The van der Waals surface area contributed by atoms with E-state index in [1.54, 1.807) is 0 Å². The van der Waals surface area contributed by atoms with Crippen LogP contribution in [0.3, 0.4) is 0 Å². The van der Waals surface area contributed by atoms with Crippen LogP contribution in [0.15, 0.2) is 35.4 Å². The molecule has 0 amide bonds. The highest BCUT2D eigenvalue weighted by molar-refractivity contribution is 5.63. The zero-order valence-electron chi connectivity index (χ0n) is 9.38. The zero-order valence-corrected chi connectivity index (χ0v) is 9.38. The van der Waals surface area contributed by atoms with E-state index in [2.05, 4.69) is 9.97 Å². The lowest BCUT2D eigenvalue weighted by Crippen LogP contribution is -2.11. The molecule has 94 valence electrons. The number of benzene rings is 1. The minimum atomic E-state index is -4.39. The molecule has 0 saturated heterocycles. The molecule has 0 aliphatic heterocycles. The molecule has 18 heavy (non-hydrogen) atoms. The van der Waals surface area contributed by atoms with E-state index < -0.39 is 17.3 Å². The standard InChI is InChI=1S/C12H9F3N2O/c1-7-6-8(12(13,14)15)2-3-9(7)10-11(18)17-5-4-16-10/h2-6H,1H3,(H,17,18). The first kappa shape index (κ1) is 12.3. The summed E-state index contributed by atoms with van der Waals surface area (Å²) in [6.07, 6.45) is -1.64. The topological polar surface area (TPSA) is 45.8 Å². The highest BCUT2D eigenvalue weighted by Gasteiger charge is 2.30. The Balaban J connectivity index is 2.56. The lowest BCUT2D eigenvalue weighted by Gasteiger charge is -2.10. The third-order valence-corrected chi connectivity index (χ3v) is 2.52. The zero-order chi connectivity index (χ0) is 13.3. The van der Waals surface area contributed by atoms with Crippen LogP contribution in [0.5, 0.6) is 0 Å². The van der Waals surface area contributed by atoms with E-state index in [4.69, 9.17) is 0 Å². The van der Waals surface area contributed by atoms with Gasteiger partial charge in [0.25, 0.3) is 5.56 Å². The summed E-state index contributed by atoms with van der Waals surface area (Å²) in [5, 5.41) is 0. The Labute approximate surface area is 100 Å². The first-order valence-corrected chi connectivity index (χ1v) is 5.11. The van der Waals surface area contributed by atoms with Crippen LogP contribution in [0.1, 0.15) is 11.1 Å². The minimum Gasteiger partial charge on any atom is -0.326 e. The van der Waals surface area contributed by atoms with Crippen molar-refractivity contribution in [2.75, 3.05) is 0 Å². The van der Waals surface area contributed by atoms with Crippen LogP contribution in [0.25, 0.3) is 11.3 Å². The smallest absolute Gasteiger partial charge is 0.326 e. The number of nitrogens with zero attached hydrogens (tertiary/aromatic N) is 1. The maximum absolute atomic E-state index is 12.5. The second-order valence-electron chi connectivity index (χ2n) is 3.79. The van der Waals surface area contributed by atoms with Gasteiger partial charge in [0.1, 0.15) is 5.69 Å². The summed E-state index contributed by atoms with van der Waals surface area (Å²) in [6.45, 7) is 1.51. The number of hydrogen-bond acceptors (Lipinski definition) is 2. The summed E-state index contributed by atoms with van der Waals surface area (Å²) in [4.78, 5) is 17.8. The predicted molar refractivity (Wildman–Crippen MR) is 60.0 cm³/mol. The van der Waals surface area contributed by atoms with Crippen molar-refractivity contribution < 1.29 is 13.2 Å². The summed E-state index contributed by atoms with van der Waals surface area (Å²) in [7, 11) is 0. The van der Waals surface area contributed by atoms with E-state index >= 15 is 0 Å². The number of aromatic nitrogens is 2. The van der Waals surface area contributed by atoms with Crippen LogP contribution in [-0.2, 0) is 6.18 Å². The normalized spacial score (nSPS) is 11.6. The first-order chi connectivity index (χ1) is 8.39. The van der Waals surface area contributed by atoms with E-state index in [-0.39, 0.29) is 5.69 Å². The third kappa shape index (κ3) is 2.27. The van der Waals surface area contributed by atoms with Crippen molar-refractivity contribution in [1.82, 2.24) is 9.97 Å². The number of halogens is 3. The van der Waals surface area contributed by atoms with Gasteiger partial charge in [-0.25, -0.2) is 4.98 Å². The monoisotopic (exact) mass is 254 g/mol. The van der Waals surface area contributed by atoms with E-state index in [0.717, 1.165) is 12.1 Å². The van der Waals surface area contributed by atoms with Gasteiger partial charge in [-0.15, -0.1) is 0 Å². The van der Waals surface area contributed by atoms with Crippen LogP contribution in [0.2, 0.25) is 0 Å². The fourth-order valence-electron chi connectivity index (χ4n) is 1.65. The Morgan fingerprint density at radius 2 is 2.00 bits per heavy atom. The lowest BCUT2D eigenvalue weighted by molar-refractivity contribution is -0.137. The van der Waals surface area contributed by atoms with Crippen molar-refractivity contribution in [2.45, 2.75) is 13.1 Å². The number of alkyl halides is 3. The highest BCUT2D eigenvalue weighted by Crippen LogP contribution is 2.31. The van der Waals surface area contributed by atoms with Gasteiger partial charge in [-0.2, -0.15) is 13.2 Å². The van der Waals surface area contributed by atoms with Crippen molar-refractivity contribution in [3.63, 3.8) is 0 Å². The van der Waals surface area contributed by atoms with Crippen molar-refractivity contribution in [3.8, 4) is 11.3 Å². The molecule has 1 aromatic heterocycles. The van der Waals surface area contributed by atoms with Crippen molar-refractivity contribution in [3.05, 3.63) is 52.1 Å². The molecule has 2 aromatic rings. The number of aromatic amines is 1. The summed E-state index contributed by atoms with van der Waals surface area (Å²) < 4.78 is 37.5. The molecule has 6 heteroatoms. The maximum atomic E-state index is 12.5. The molecular weight excluding hydrogens is 245 g/mol. The van der Waals surface area contributed by atoms with E-state index in [0.29, 0.717) is 11.1 Å². The maximum Gasteiger partial charge on any atom is 0.416 e. The molecule has 0 unspecified atom stereocenters. The number of nitrogens with one attached hydrogen (secondary N) is 1. The van der Waals surface area contributed by atoms with Gasteiger partial charge >= 0.3 is 6.18 Å². The van der Waals surface area contributed by atoms with Gasteiger partial charge in [0.05, 0.1) is 5.56 Å². The van der Waals surface area contributed by atoms with Gasteiger partial charge in [0, 0.05) is 18.0 Å². The van der Waals surface area contributed by atoms with E-state index in [1.165, 1.54) is 25.4 Å². The Bertz CT molecular complexity index is 632. The molecule has 1 heterocycles. The van der Waals surface area contributed by atoms with Gasteiger partial charge in [0.2, 0.25) is 0 Å². The predicted octanol–water partition coefficient (Wildman–Crippen LogP) is 2.76. The number of hydrogen-bond donors (Lipinski definition) is 1. The SMILES string of the molecule is Cc1cc(C(F)(F)F)ccc1-c1ncc[nH]c1=O. The first-order valence-electron chi connectivity index (χ1n) is 5.11. The fourth-order valence-corrected chi connectivity index (χ4v) is 1.65. The van der Waals surface area contributed by atoms with Gasteiger partial charge in [-0.1, -0.05) is 6.07 Å².